The van der Waals surface area contributed by atoms with Crippen LogP contribution in [0.3, 0.4) is 0 Å². The van der Waals surface area contributed by atoms with Crippen molar-refractivity contribution in [3.8, 4) is 0 Å². The number of nitrogens with zero attached hydrogens (tertiary/aromatic N) is 1. The topological polar surface area (TPSA) is 24.4 Å². The molecule has 1 N–H and O–H groups in total. The zero-order chi connectivity index (χ0) is 11.8. The third-order valence-electron chi connectivity index (χ3n) is 2.14. The van der Waals surface area contributed by atoms with Gasteiger partial charge in [0, 0.05) is 10.8 Å². The fraction of sp³-hybridized carbons (Fsp3) is 0.364. The zero-order valence-electron chi connectivity index (χ0n) is 9.05. The average molecular weight is 259 g/mol. The van der Waals surface area contributed by atoms with Gasteiger partial charge >= 0.3 is 0 Å². The number of amidine groups is 1. The maximum absolute atomic E-state index is 13.4. The van der Waals surface area contributed by atoms with Crippen LogP contribution in [0.4, 0.5) is 10.1 Å². The van der Waals surface area contributed by atoms with Gasteiger partial charge in [0.25, 0.3) is 0 Å². The van der Waals surface area contributed by atoms with Crippen LogP contribution < -0.4 is 5.32 Å². The number of thioether (sulfide) groups is 1. The van der Waals surface area contributed by atoms with Crippen molar-refractivity contribution < 1.29 is 4.39 Å². The second kappa shape index (κ2) is 4.26. The molecule has 16 heavy (non-hydrogen) atoms. The molecule has 1 aromatic carbocycles. The summed E-state index contributed by atoms with van der Waals surface area (Å²) in [7, 11) is 0. The molecule has 0 unspecified atom stereocenters. The summed E-state index contributed by atoms with van der Waals surface area (Å²) in [5, 5.41) is 4.21. The Balaban J connectivity index is 2.19. The van der Waals surface area contributed by atoms with E-state index in [1.807, 2.05) is 13.8 Å². The van der Waals surface area contributed by atoms with E-state index in [2.05, 4.69) is 10.3 Å². The minimum Gasteiger partial charge on any atom is -0.333 e. The quantitative estimate of drug-likeness (QED) is 0.829. The fourth-order valence-corrected chi connectivity index (χ4v) is 2.58. The highest BCUT2D eigenvalue weighted by Gasteiger charge is 2.25. The van der Waals surface area contributed by atoms with Gasteiger partial charge in [-0.05, 0) is 32.0 Å². The predicted octanol–water partition coefficient (Wildman–Crippen LogP) is 3.77. The van der Waals surface area contributed by atoms with E-state index in [0.717, 1.165) is 10.9 Å². The van der Waals surface area contributed by atoms with E-state index in [-0.39, 0.29) is 11.4 Å². The van der Waals surface area contributed by atoms with Crippen LogP contribution in [0.15, 0.2) is 23.2 Å². The Morgan fingerprint density at radius 3 is 2.88 bits per heavy atom. The standard InChI is InChI=1S/C11H12ClFN2S/c1-11(2)6-16-10(15-11)14-9-5-7(12)3-4-8(9)13/h3-5H,6H2,1-2H3,(H,14,15). The van der Waals surface area contributed by atoms with Crippen molar-refractivity contribution in [2.45, 2.75) is 19.4 Å². The molecule has 1 aliphatic heterocycles. The fourth-order valence-electron chi connectivity index (χ4n) is 1.36. The molecule has 0 saturated heterocycles. The first-order valence-corrected chi connectivity index (χ1v) is 6.27. The summed E-state index contributed by atoms with van der Waals surface area (Å²) >= 11 is 7.39. The molecule has 1 heterocycles. The SMILES string of the molecule is CC1(C)CSC(Nc2cc(Cl)ccc2F)=N1. The van der Waals surface area contributed by atoms with Gasteiger partial charge in [-0.15, -0.1) is 0 Å². The summed E-state index contributed by atoms with van der Waals surface area (Å²) in [5.74, 6) is 0.578. The molecule has 0 amide bonds. The van der Waals surface area contributed by atoms with Crippen LogP contribution in [-0.4, -0.2) is 16.5 Å². The van der Waals surface area contributed by atoms with Crippen LogP contribution >= 0.6 is 23.4 Å². The Bertz CT molecular complexity index is 446. The molecule has 0 aromatic heterocycles. The lowest BCUT2D eigenvalue weighted by molar-refractivity contribution is 0.604. The summed E-state index contributed by atoms with van der Waals surface area (Å²) in [4.78, 5) is 4.45. The van der Waals surface area contributed by atoms with Crippen LogP contribution in [0, 0.1) is 5.82 Å². The number of halogens is 2. The Morgan fingerprint density at radius 1 is 1.50 bits per heavy atom. The van der Waals surface area contributed by atoms with Crippen LogP contribution in [0.2, 0.25) is 5.02 Å². The van der Waals surface area contributed by atoms with Crippen LogP contribution in [0.1, 0.15) is 13.8 Å². The minimum atomic E-state index is -0.322. The first-order chi connectivity index (χ1) is 7.46. The molecule has 5 heteroatoms. The largest absolute Gasteiger partial charge is 0.333 e. The molecule has 0 fully saturated rings. The Hall–Kier alpha value is -0.740. The Kier molecular flexibility index (Phi) is 3.13. The molecular formula is C11H12ClFN2S. The lowest BCUT2D eigenvalue weighted by Gasteiger charge is -2.09. The highest BCUT2D eigenvalue weighted by molar-refractivity contribution is 8.14. The molecule has 0 atom stereocenters. The van der Waals surface area contributed by atoms with E-state index in [1.54, 1.807) is 17.8 Å². The third-order valence-corrected chi connectivity index (χ3v) is 3.69. The van der Waals surface area contributed by atoms with E-state index in [9.17, 15) is 4.39 Å². The van der Waals surface area contributed by atoms with Crippen molar-refractivity contribution in [2.24, 2.45) is 4.99 Å². The van der Waals surface area contributed by atoms with Gasteiger partial charge in [0.05, 0.1) is 11.2 Å². The molecular weight excluding hydrogens is 247 g/mol. The molecule has 0 saturated carbocycles. The van der Waals surface area contributed by atoms with Crippen molar-refractivity contribution in [2.75, 3.05) is 11.1 Å². The highest BCUT2D eigenvalue weighted by Crippen LogP contribution is 2.29. The van der Waals surface area contributed by atoms with Crippen molar-refractivity contribution >= 4 is 34.2 Å². The maximum Gasteiger partial charge on any atom is 0.161 e. The predicted molar refractivity (Wildman–Crippen MR) is 69.0 cm³/mol. The van der Waals surface area contributed by atoms with E-state index in [0.29, 0.717) is 10.7 Å². The first kappa shape index (κ1) is 11.7. The van der Waals surface area contributed by atoms with Crippen LogP contribution in [0.5, 0.6) is 0 Å². The number of rotatable bonds is 1. The second-order valence-corrected chi connectivity index (χ2v) is 5.67. The van der Waals surface area contributed by atoms with Gasteiger partial charge in [-0.1, -0.05) is 23.4 Å². The molecule has 1 aliphatic rings. The van der Waals surface area contributed by atoms with Gasteiger partial charge in [0.2, 0.25) is 0 Å². The first-order valence-electron chi connectivity index (χ1n) is 4.91. The summed E-state index contributed by atoms with van der Waals surface area (Å²) in [6.07, 6.45) is 0. The molecule has 2 nitrogen and oxygen atoms in total. The van der Waals surface area contributed by atoms with Gasteiger partial charge < -0.3 is 5.32 Å². The maximum atomic E-state index is 13.4. The van der Waals surface area contributed by atoms with Gasteiger partial charge in [-0.3, -0.25) is 4.99 Å². The molecule has 0 bridgehead atoms. The normalized spacial score (nSPS) is 18.4. The molecule has 0 spiro atoms. The number of aliphatic imine (C=N–C) groups is 1. The number of benzene rings is 1. The minimum absolute atomic E-state index is 0.0813. The third kappa shape index (κ3) is 2.68. The number of anilines is 1. The smallest absolute Gasteiger partial charge is 0.161 e. The molecule has 86 valence electrons. The van der Waals surface area contributed by atoms with Crippen molar-refractivity contribution in [3.63, 3.8) is 0 Å². The van der Waals surface area contributed by atoms with E-state index >= 15 is 0 Å². The molecule has 1 aromatic rings. The monoisotopic (exact) mass is 258 g/mol. The summed E-state index contributed by atoms with van der Waals surface area (Å²) in [6.45, 7) is 4.09. The van der Waals surface area contributed by atoms with Gasteiger partial charge in [0.1, 0.15) is 5.82 Å². The lowest BCUT2D eigenvalue weighted by Crippen LogP contribution is -2.15. The lowest BCUT2D eigenvalue weighted by atomic mass is 10.1. The number of nitrogens with one attached hydrogen (secondary N) is 1. The second-order valence-electron chi connectivity index (χ2n) is 4.27. The van der Waals surface area contributed by atoms with E-state index in [4.69, 9.17) is 11.6 Å². The van der Waals surface area contributed by atoms with Crippen molar-refractivity contribution in [3.05, 3.63) is 29.0 Å². The zero-order valence-corrected chi connectivity index (χ0v) is 10.6. The van der Waals surface area contributed by atoms with Crippen LogP contribution in [0.25, 0.3) is 0 Å². The molecule has 2 rings (SSSR count). The highest BCUT2D eigenvalue weighted by atomic mass is 35.5. The molecule has 0 aliphatic carbocycles. The van der Waals surface area contributed by atoms with Gasteiger partial charge in [-0.2, -0.15) is 0 Å². The van der Waals surface area contributed by atoms with E-state index < -0.39 is 0 Å². The van der Waals surface area contributed by atoms with Crippen LogP contribution in [-0.2, 0) is 0 Å². The summed E-state index contributed by atoms with van der Waals surface area (Å²) in [5.41, 5.74) is 0.290. The van der Waals surface area contributed by atoms with Gasteiger partial charge in [0.15, 0.2) is 5.17 Å². The van der Waals surface area contributed by atoms with E-state index in [1.165, 1.54) is 12.1 Å². The summed E-state index contributed by atoms with van der Waals surface area (Å²) < 4.78 is 13.4. The Morgan fingerprint density at radius 2 is 2.25 bits per heavy atom. The number of hydrogen-bond acceptors (Lipinski definition) is 3. The van der Waals surface area contributed by atoms with Crippen molar-refractivity contribution in [1.29, 1.82) is 0 Å². The number of hydrogen-bond donors (Lipinski definition) is 1. The van der Waals surface area contributed by atoms with Gasteiger partial charge in [-0.25, -0.2) is 4.39 Å². The van der Waals surface area contributed by atoms with Crippen molar-refractivity contribution in [1.82, 2.24) is 0 Å². The summed E-state index contributed by atoms with van der Waals surface area (Å²) in [6, 6.07) is 4.43. The molecule has 0 radical (unpaired) electrons. The average Bonchev–Trinajstić information content (AvgIpc) is 2.52. The Labute approximate surface area is 103 Å².